The van der Waals surface area contributed by atoms with Gasteiger partial charge in [0, 0.05) is 22.5 Å². The van der Waals surface area contributed by atoms with Gasteiger partial charge in [-0.1, -0.05) is 60.7 Å². The van der Waals surface area contributed by atoms with E-state index in [9.17, 15) is 18.0 Å². The lowest BCUT2D eigenvalue weighted by molar-refractivity contribution is -0.139. The van der Waals surface area contributed by atoms with Crippen molar-refractivity contribution in [3.05, 3.63) is 88.9 Å². The van der Waals surface area contributed by atoms with Crippen LogP contribution in [-0.2, 0) is 26.2 Å². The number of thioether (sulfide) groups is 1. The van der Waals surface area contributed by atoms with Crippen LogP contribution >= 0.6 is 23.4 Å². The Bertz CT molecular complexity index is 1470. The van der Waals surface area contributed by atoms with E-state index in [0.717, 1.165) is 52.4 Å². The molecule has 1 atom stereocenters. The Morgan fingerprint density at radius 2 is 1.67 bits per heavy atom. The van der Waals surface area contributed by atoms with Crippen LogP contribution < -0.4 is 9.62 Å². The second kappa shape index (κ2) is 14.4. The highest BCUT2D eigenvalue weighted by atomic mass is 35.5. The van der Waals surface area contributed by atoms with Crippen molar-refractivity contribution >= 4 is 50.9 Å². The van der Waals surface area contributed by atoms with Crippen LogP contribution in [0.25, 0.3) is 0 Å². The number of anilines is 1. The highest BCUT2D eigenvalue weighted by Crippen LogP contribution is 2.27. The van der Waals surface area contributed by atoms with Gasteiger partial charge in [0.15, 0.2) is 0 Å². The molecule has 224 valence electrons. The minimum atomic E-state index is -4.11. The number of carbonyl (C=O) groups is 2. The topological polar surface area (TPSA) is 86.8 Å². The molecule has 0 aromatic heterocycles. The number of nitrogens with one attached hydrogen (secondary N) is 1. The molecular formula is C32H38ClN3O4S2. The van der Waals surface area contributed by atoms with E-state index in [1.165, 1.54) is 16.7 Å². The van der Waals surface area contributed by atoms with Crippen molar-refractivity contribution in [1.29, 1.82) is 0 Å². The third-order valence-electron chi connectivity index (χ3n) is 7.61. The van der Waals surface area contributed by atoms with Gasteiger partial charge in [-0.25, -0.2) is 8.42 Å². The number of carbonyl (C=O) groups excluding carboxylic acids is 2. The Labute approximate surface area is 258 Å². The van der Waals surface area contributed by atoms with Crippen molar-refractivity contribution in [2.24, 2.45) is 0 Å². The zero-order chi connectivity index (χ0) is 30.3. The fourth-order valence-corrected chi connectivity index (χ4v) is 7.13. The summed E-state index contributed by atoms with van der Waals surface area (Å²) in [5.41, 5.74) is 2.07. The van der Waals surface area contributed by atoms with Crippen molar-refractivity contribution in [2.75, 3.05) is 17.1 Å². The Balaban J connectivity index is 1.67. The average Bonchev–Trinajstić information content (AvgIpc) is 2.99. The Kier molecular flexibility index (Phi) is 11.0. The lowest BCUT2D eigenvalue weighted by atomic mass is 9.95. The van der Waals surface area contributed by atoms with E-state index < -0.39 is 28.5 Å². The van der Waals surface area contributed by atoms with Gasteiger partial charge in [-0.2, -0.15) is 0 Å². The lowest BCUT2D eigenvalue weighted by Crippen LogP contribution is -2.53. The lowest BCUT2D eigenvalue weighted by Gasteiger charge is -2.33. The van der Waals surface area contributed by atoms with Crippen LogP contribution in [0.5, 0.6) is 0 Å². The molecule has 0 radical (unpaired) electrons. The SMILES string of the molecule is CSc1ccc(S(=O)(=O)N(CC(=O)N(Cc2cccc(Cl)c2)C(C)C(=O)NC2CCCCC2)c2ccc(C)cc2)cc1. The number of sulfonamides is 1. The number of hydrogen-bond donors (Lipinski definition) is 1. The summed E-state index contributed by atoms with van der Waals surface area (Å²) in [6, 6.07) is 19.9. The summed E-state index contributed by atoms with van der Waals surface area (Å²) in [6.07, 6.45) is 7.02. The molecule has 0 bridgehead atoms. The van der Waals surface area contributed by atoms with Crippen LogP contribution in [0.3, 0.4) is 0 Å². The largest absolute Gasteiger partial charge is 0.352 e. The number of rotatable bonds is 11. The van der Waals surface area contributed by atoms with Crippen molar-refractivity contribution in [1.82, 2.24) is 10.2 Å². The van der Waals surface area contributed by atoms with Crippen LogP contribution in [0.1, 0.15) is 50.2 Å². The van der Waals surface area contributed by atoms with Gasteiger partial charge in [0.2, 0.25) is 11.8 Å². The molecule has 1 aliphatic rings. The first-order chi connectivity index (χ1) is 20.1. The summed E-state index contributed by atoms with van der Waals surface area (Å²) in [4.78, 5) is 30.0. The summed E-state index contributed by atoms with van der Waals surface area (Å²) in [5, 5.41) is 3.63. The standard InChI is InChI=1S/C32H38ClN3O4S2/c1-23-12-14-28(15-13-23)36(42(39,40)30-18-16-29(41-3)17-19-30)22-31(37)35(21-25-8-7-9-26(33)20-25)24(2)32(38)34-27-10-5-4-6-11-27/h7-9,12-20,24,27H,4-6,10-11,21-22H2,1-3H3,(H,34,38). The van der Waals surface area contributed by atoms with Crippen molar-refractivity contribution in [2.45, 2.75) is 74.4 Å². The summed E-state index contributed by atoms with van der Waals surface area (Å²) < 4.78 is 29.1. The molecule has 3 aromatic carbocycles. The van der Waals surface area contributed by atoms with E-state index in [2.05, 4.69) is 5.32 Å². The minimum Gasteiger partial charge on any atom is -0.352 e. The van der Waals surface area contributed by atoms with E-state index in [-0.39, 0.29) is 23.4 Å². The van der Waals surface area contributed by atoms with E-state index in [0.29, 0.717) is 10.7 Å². The zero-order valence-electron chi connectivity index (χ0n) is 24.3. The number of aryl methyl sites for hydroxylation is 1. The first-order valence-electron chi connectivity index (χ1n) is 14.2. The highest BCUT2D eigenvalue weighted by Gasteiger charge is 2.33. The molecule has 0 heterocycles. The van der Waals surface area contributed by atoms with Crippen molar-refractivity contribution < 1.29 is 18.0 Å². The molecule has 2 amide bonds. The maximum atomic E-state index is 14.1. The Morgan fingerprint density at radius 1 is 1.00 bits per heavy atom. The fraction of sp³-hybridized carbons (Fsp3) is 0.375. The molecule has 0 spiro atoms. The van der Waals surface area contributed by atoms with Crippen molar-refractivity contribution in [3.63, 3.8) is 0 Å². The Morgan fingerprint density at radius 3 is 2.29 bits per heavy atom. The van der Waals surface area contributed by atoms with E-state index in [1.54, 1.807) is 61.5 Å². The molecule has 1 aliphatic carbocycles. The first kappa shape index (κ1) is 31.9. The molecule has 1 saturated carbocycles. The molecule has 0 aliphatic heterocycles. The van der Waals surface area contributed by atoms with Crippen molar-refractivity contribution in [3.8, 4) is 0 Å². The predicted molar refractivity (Wildman–Crippen MR) is 170 cm³/mol. The number of hydrogen-bond acceptors (Lipinski definition) is 5. The third kappa shape index (κ3) is 8.08. The number of halogens is 1. The number of benzene rings is 3. The number of nitrogens with zero attached hydrogens (tertiary/aromatic N) is 2. The minimum absolute atomic E-state index is 0.0745. The van der Waals surface area contributed by atoms with Gasteiger partial charge in [-0.05, 0) is 87.0 Å². The molecule has 1 N–H and O–H groups in total. The molecule has 4 rings (SSSR count). The second-order valence-electron chi connectivity index (χ2n) is 10.7. The fourth-order valence-electron chi connectivity index (χ4n) is 5.10. The molecule has 1 fully saturated rings. The van der Waals surface area contributed by atoms with Gasteiger partial charge in [-0.3, -0.25) is 13.9 Å². The van der Waals surface area contributed by atoms with Gasteiger partial charge in [0.1, 0.15) is 12.6 Å². The average molecular weight is 628 g/mol. The number of amides is 2. The Hall–Kier alpha value is -3.01. The van der Waals surface area contributed by atoms with Gasteiger partial charge in [0.25, 0.3) is 10.0 Å². The summed E-state index contributed by atoms with van der Waals surface area (Å²) in [7, 11) is -4.11. The van der Waals surface area contributed by atoms with Crippen LogP contribution in [0, 0.1) is 6.92 Å². The monoisotopic (exact) mass is 627 g/mol. The molecule has 42 heavy (non-hydrogen) atoms. The normalized spacial score (nSPS) is 14.7. The molecule has 0 saturated heterocycles. The summed E-state index contributed by atoms with van der Waals surface area (Å²) in [5.74, 6) is -0.749. The van der Waals surface area contributed by atoms with E-state index >= 15 is 0 Å². The first-order valence-corrected chi connectivity index (χ1v) is 17.2. The van der Waals surface area contributed by atoms with E-state index in [1.807, 2.05) is 31.4 Å². The van der Waals surface area contributed by atoms with Crippen LogP contribution in [0.2, 0.25) is 5.02 Å². The quantitative estimate of drug-likeness (QED) is 0.248. The molecule has 7 nitrogen and oxygen atoms in total. The predicted octanol–water partition coefficient (Wildman–Crippen LogP) is 6.43. The van der Waals surface area contributed by atoms with Gasteiger partial charge >= 0.3 is 0 Å². The summed E-state index contributed by atoms with van der Waals surface area (Å²) in [6.45, 7) is 3.22. The maximum Gasteiger partial charge on any atom is 0.264 e. The van der Waals surface area contributed by atoms with Crippen LogP contribution in [-0.4, -0.2) is 50.0 Å². The van der Waals surface area contributed by atoms with Gasteiger partial charge < -0.3 is 10.2 Å². The zero-order valence-corrected chi connectivity index (χ0v) is 26.6. The molecule has 10 heteroatoms. The van der Waals surface area contributed by atoms with Gasteiger partial charge in [-0.15, -0.1) is 11.8 Å². The molecule has 3 aromatic rings. The van der Waals surface area contributed by atoms with Gasteiger partial charge in [0.05, 0.1) is 10.6 Å². The third-order valence-corrected chi connectivity index (χ3v) is 10.4. The summed E-state index contributed by atoms with van der Waals surface area (Å²) >= 11 is 7.75. The second-order valence-corrected chi connectivity index (χ2v) is 13.9. The molecule has 1 unspecified atom stereocenters. The highest BCUT2D eigenvalue weighted by molar-refractivity contribution is 7.98. The van der Waals surface area contributed by atoms with Crippen LogP contribution in [0.15, 0.2) is 82.6 Å². The van der Waals surface area contributed by atoms with E-state index in [4.69, 9.17) is 11.6 Å². The maximum absolute atomic E-state index is 14.1. The van der Waals surface area contributed by atoms with Crippen LogP contribution in [0.4, 0.5) is 5.69 Å². The smallest absolute Gasteiger partial charge is 0.264 e. The molecular weight excluding hydrogens is 590 g/mol.